The van der Waals surface area contributed by atoms with Gasteiger partial charge >= 0.3 is 0 Å². The van der Waals surface area contributed by atoms with Crippen molar-refractivity contribution in [2.24, 2.45) is 0 Å². The topological polar surface area (TPSA) is 69.6 Å². The van der Waals surface area contributed by atoms with E-state index < -0.39 is 0 Å². The number of aromatic hydroxyl groups is 1. The molecule has 64 valence electrons. The summed E-state index contributed by atoms with van der Waals surface area (Å²) in [5.74, 6) is -0.0145. The van der Waals surface area contributed by atoms with E-state index in [0.717, 1.165) is 0 Å². The Morgan fingerprint density at radius 2 is 2.25 bits per heavy atom. The minimum absolute atomic E-state index is 0.0145. The van der Waals surface area contributed by atoms with E-state index in [0.29, 0.717) is 17.7 Å². The number of anilines is 1. The molecule has 0 spiro atoms. The van der Waals surface area contributed by atoms with Crippen molar-refractivity contribution in [1.82, 2.24) is 0 Å². The van der Waals surface area contributed by atoms with Gasteiger partial charge in [0.05, 0.1) is 12.3 Å². The lowest BCUT2D eigenvalue weighted by Gasteiger charge is -2.03. The quantitative estimate of drug-likeness (QED) is 0.452. The average molecular weight is 167 g/mol. The highest BCUT2D eigenvalue weighted by Gasteiger charge is 2.00. The Kier molecular flexibility index (Phi) is 2.66. The number of carbonyl (C=O) groups is 1. The summed E-state index contributed by atoms with van der Waals surface area (Å²) >= 11 is 0. The zero-order valence-electron chi connectivity index (χ0n) is 6.32. The van der Waals surface area contributed by atoms with E-state index in [1.54, 1.807) is 6.07 Å². The van der Waals surface area contributed by atoms with Crippen LogP contribution in [0.2, 0.25) is 0 Å². The lowest BCUT2D eigenvalue weighted by atomic mass is 10.2. The Labute approximate surface area is 69.5 Å². The number of phenols is 1. The van der Waals surface area contributed by atoms with Gasteiger partial charge in [-0.25, -0.2) is 0 Å². The Morgan fingerprint density at radius 1 is 1.50 bits per heavy atom. The van der Waals surface area contributed by atoms with Crippen LogP contribution in [0.25, 0.3) is 0 Å². The second kappa shape index (κ2) is 3.73. The molecular formula is C8H9NO3. The van der Waals surface area contributed by atoms with Crippen LogP contribution in [0.4, 0.5) is 5.69 Å². The first-order valence-electron chi connectivity index (χ1n) is 3.41. The highest BCUT2D eigenvalue weighted by Crippen LogP contribution is 2.23. The summed E-state index contributed by atoms with van der Waals surface area (Å²) < 4.78 is 0. The molecule has 0 saturated heterocycles. The van der Waals surface area contributed by atoms with Crippen LogP contribution >= 0.6 is 0 Å². The van der Waals surface area contributed by atoms with Crippen molar-refractivity contribution in [3.63, 3.8) is 0 Å². The van der Waals surface area contributed by atoms with E-state index in [4.69, 9.17) is 10.2 Å². The number of amides is 1. The predicted octanol–water partition coefficient (Wildman–Crippen LogP) is 0.453. The molecule has 0 unspecified atom stereocenters. The Bertz CT molecular complexity index is 286. The molecule has 0 heterocycles. The van der Waals surface area contributed by atoms with Crippen LogP contribution in [0.15, 0.2) is 18.2 Å². The van der Waals surface area contributed by atoms with Crippen molar-refractivity contribution < 1.29 is 15.0 Å². The third-order valence-corrected chi connectivity index (χ3v) is 1.46. The molecule has 1 aromatic carbocycles. The van der Waals surface area contributed by atoms with Gasteiger partial charge in [-0.1, -0.05) is 6.07 Å². The molecule has 0 aliphatic carbocycles. The fourth-order valence-corrected chi connectivity index (χ4v) is 0.861. The molecule has 1 aromatic rings. The highest BCUT2D eigenvalue weighted by atomic mass is 16.3. The van der Waals surface area contributed by atoms with Gasteiger partial charge < -0.3 is 15.5 Å². The predicted molar refractivity (Wildman–Crippen MR) is 43.7 cm³/mol. The summed E-state index contributed by atoms with van der Waals surface area (Å²) in [6, 6.07) is 4.49. The maximum Gasteiger partial charge on any atom is 0.211 e. The number of hydrogen-bond donors (Lipinski definition) is 3. The van der Waals surface area contributed by atoms with Crippen LogP contribution in [0, 0.1) is 0 Å². The zero-order chi connectivity index (χ0) is 8.97. The van der Waals surface area contributed by atoms with E-state index in [-0.39, 0.29) is 12.4 Å². The van der Waals surface area contributed by atoms with Gasteiger partial charge in [0.25, 0.3) is 0 Å². The number of carbonyl (C=O) groups excluding carboxylic acids is 1. The first kappa shape index (κ1) is 8.55. The molecule has 0 atom stereocenters. The molecule has 0 radical (unpaired) electrons. The summed E-state index contributed by atoms with van der Waals surface area (Å²) in [5.41, 5.74) is 0.939. The highest BCUT2D eigenvalue weighted by molar-refractivity contribution is 5.75. The third kappa shape index (κ3) is 1.73. The van der Waals surface area contributed by atoms with Crippen LogP contribution in [-0.2, 0) is 11.4 Å². The number of phenolic OH excluding ortho intramolecular Hbond substituents is 1. The molecule has 0 aliphatic rings. The molecule has 0 fully saturated rings. The minimum Gasteiger partial charge on any atom is -0.506 e. The summed E-state index contributed by atoms with van der Waals surface area (Å²) in [4.78, 5) is 10.0. The molecule has 1 amide bonds. The Hall–Kier alpha value is -1.55. The van der Waals surface area contributed by atoms with E-state index in [2.05, 4.69) is 5.32 Å². The smallest absolute Gasteiger partial charge is 0.211 e. The number of hydrogen-bond acceptors (Lipinski definition) is 3. The summed E-state index contributed by atoms with van der Waals surface area (Å²) in [6.07, 6.45) is 0.468. The van der Waals surface area contributed by atoms with Crippen LogP contribution in [-0.4, -0.2) is 16.6 Å². The molecule has 0 saturated carbocycles. The Morgan fingerprint density at radius 3 is 2.83 bits per heavy atom. The summed E-state index contributed by atoms with van der Waals surface area (Å²) in [6.45, 7) is -0.117. The summed E-state index contributed by atoms with van der Waals surface area (Å²) in [5, 5.41) is 20.2. The van der Waals surface area contributed by atoms with E-state index in [1.807, 2.05) is 0 Å². The number of rotatable bonds is 3. The van der Waals surface area contributed by atoms with Crippen molar-refractivity contribution in [1.29, 1.82) is 0 Å². The minimum atomic E-state index is -0.117. The second-order valence-electron chi connectivity index (χ2n) is 2.27. The summed E-state index contributed by atoms with van der Waals surface area (Å²) in [7, 11) is 0. The van der Waals surface area contributed by atoms with Crippen LogP contribution in [0.5, 0.6) is 5.75 Å². The molecular weight excluding hydrogens is 158 g/mol. The van der Waals surface area contributed by atoms with Gasteiger partial charge in [-0.2, -0.15) is 0 Å². The van der Waals surface area contributed by atoms with Gasteiger partial charge in [-0.3, -0.25) is 4.79 Å². The van der Waals surface area contributed by atoms with Crippen LogP contribution in [0.1, 0.15) is 5.56 Å². The molecule has 1 rings (SSSR count). The molecule has 4 heteroatoms. The molecule has 3 N–H and O–H groups in total. The van der Waals surface area contributed by atoms with Gasteiger partial charge in [-0.15, -0.1) is 0 Å². The van der Waals surface area contributed by atoms with Gasteiger partial charge in [0, 0.05) is 0 Å². The maximum absolute atomic E-state index is 10.0. The van der Waals surface area contributed by atoms with E-state index >= 15 is 0 Å². The van der Waals surface area contributed by atoms with Gasteiger partial charge in [0.2, 0.25) is 6.41 Å². The molecule has 0 aliphatic heterocycles. The first-order valence-corrected chi connectivity index (χ1v) is 3.41. The normalized spacial score (nSPS) is 9.42. The lowest BCUT2D eigenvalue weighted by Crippen LogP contribution is -1.95. The Balaban J connectivity index is 2.99. The van der Waals surface area contributed by atoms with Gasteiger partial charge in [-0.05, 0) is 17.7 Å². The first-order chi connectivity index (χ1) is 5.77. The van der Waals surface area contributed by atoms with Crippen molar-refractivity contribution in [3.05, 3.63) is 23.8 Å². The van der Waals surface area contributed by atoms with E-state index in [9.17, 15) is 4.79 Å². The largest absolute Gasteiger partial charge is 0.506 e. The fourth-order valence-electron chi connectivity index (χ4n) is 0.861. The van der Waals surface area contributed by atoms with Gasteiger partial charge in [0.15, 0.2) is 0 Å². The average Bonchev–Trinajstić information content (AvgIpc) is 2.09. The molecule has 0 bridgehead atoms. The number of benzene rings is 1. The standard InChI is InChI=1S/C8H9NO3/c10-4-6-1-2-8(12)7(3-6)9-5-11/h1-3,5,10,12H,4H2,(H,9,11). The fraction of sp³-hybridized carbons (Fsp3) is 0.125. The number of aliphatic hydroxyl groups excluding tert-OH is 1. The number of nitrogens with one attached hydrogen (secondary N) is 1. The molecule has 12 heavy (non-hydrogen) atoms. The molecule has 4 nitrogen and oxygen atoms in total. The van der Waals surface area contributed by atoms with Crippen LogP contribution < -0.4 is 5.32 Å². The zero-order valence-corrected chi connectivity index (χ0v) is 6.32. The SMILES string of the molecule is O=CNc1cc(CO)ccc1O. The monoisotopic (exact) mass is 167 g/mol. The van der Waals surface area contributed by atoms with Crippen molar-refractivity contribution in [2.75, 3.05) is 5.32 Å². The third-order valence-electron chi connectivity index (χ3n) is 1.46. The van der Waals surface area contributed by atoms with Crippen molar-refractivity contribution >= 4 is 12.1 Å². The number of aliphatic hydroxyl groups is 1. The van der Waals surface area contributed by atoms with Crippen LogP contribution in [0.3, 0.4) is 0 Å². The lowest BCUT2D eigenvalue weighted by molar-refractivity contribution is -0.105. The molecule has 0 aromatic heterocycles. The van der Waals surface area contributed by atoms with Crippen molar-refractivity contribution in [2.45, 2.75) is 6.61 Å². The van der Waals surface area contributed by atoms with Gasteiger partial charge in [0.1, 0.15) is 5.75 Å². The van der Waals surface area contributed by atoms with Crippen molar-refractivity contribution in [3.8, 4) is 5.75 Å². The van der Waals surface area contributed by atoms with E-state index in [1.165, 1.54) is 12.1 Å². The maximum atomic E-state index is 10.0. The second-order valence-corrected chi connectivity index (χ2v) is 2.27.